The van der Waals surface area contributed by atoms with E-state index in [1.165, 1.54) is 69.2 Å². The molecule has 52 heavy (non-hydrogen) atoms. The fourth-order valence-electron chi connectivity index (χ4n) is 4.51. The van der Waals surface area contributed by atoms with Gasteiger partial charge in [0.1, 0.15) is 52.4 Å². The third kappa shape index (κ3) is 10.0. The number of pyridine rings is 1. The van der Waals surface area contributed by atoms with Gasteiger partial charge in [0, 0.05) is 11.8 Å². The van der Waals surface area contributed by atoms with Crippen molar-refractivity contribution in [3.63, 3.8) is 0 Å². The molecule has 2 aromatic rings. The number of hydrogen-bond donors (Lipinski definition) is 0. The van der Waals surface area contributed by atoms with Crippen LogP contribution in [0.25, 0.3) is 0 Å². The smallest absolute Gasteiger partial charge is 0.428 e. The summed E-state index contributed by atoms with van der Waals surface area (Å²) in [6.07, 6.45) is -5.46. The number of imide groups is 2. The molecule has 4 amide bonds. The molecule has 1 atom stereocenters. The van der Waals surface area contributed by atoms with E-state index in [1.54, 1.807) is 6.07 Å². The third-order valence-electron chi connectivity index (χ3n) is 6.48. The van der Waals surface area contributed by atoms with Crippen molar-refractivity contribution >= 4 is 35.9 Å². The molecule has 17 heteroatoms. The molecule has 0 saturated heterocycles. The first-order valence-corrected chi connectivity index (χ1v) is 15.7. The number of amidine groups is 1. The van der Waals surface area contributed by atoms with Gasteiger partial charge in [-0.3, -0.25) is 4.79 Å². The Morgan fingerprint density at radius 2 is 1.42 bits per heavy atom. The first-order chi connectivity index (χ1) is 23.8. The number of rotatable bonds is 5. The minimum absolute atomic E-state index is 0.262. The molecule has 3 rings (SSSR count). The second-order valence-electron chi connectivity index (χ2n) is 14.5. The summed E-state index contributed by atoms with van der Waals surface area (Å²) in [5.74, 6) is -2.99. The Bertz CT molecular complexity index is 1830. The van der Waals surface area contributed by atoms with Crippen LogP contribution in [0.15, 0.2) is 47.3 Å². The van der Waals surface area contributed by atoms with Crippen LogP contribution >= 0.6 is 0 Å². The number of nitriles is 1. The number of halogens is 4. The summed E-state index contributed by atoms with van der Waals surface area (Å²) >= 11 is 0. The predicted molar refractivity (Wildman–Crippen MR) is 178 cm³/mol. The van der Waals surface area contributed by atoms with Crippen molar-refractivity contribution in [3.8, 4) is 6.07 Å². The maximum absolute atomic E-state index is 15.8. The molecule has 0 fully saturated rings. The van der Waals surface area contributed by atoms with E-state index in [-0.39, 0.29) is 10.5 Å². The van der Waals surface area contributed by atoms with Crippen molar-refractivity contribution < 1.29 is 55.7 Å². The molecular formula is C35H39F4N5O8. The number of nitrogens with zero attached hydrogens (tertiary/aromatic N) is 5. The molecule has 1 aromatic heterocycles. The van der Waals surface area contributed by atoms with Crippen LogP contribution in [0.5, 0.6) is 0 Å². The van der Waals surface area contributed by atoms with Crippen LogP contribution < -0.4 is 4.90 Å². The van der Waals surface area contributed by atoms with Crippen LogP contribution in [-0.2, 0) is 24.5 Å². The van der Waals surface area contributed by atoms with Crippen molar-refractivity contribution in [2.24, 2.45) is 4.99 Å². The van der Waals surface area contributed by atoms with Gasteiger partial charge in [-0.25, -0.2) is 46.8 Å². The van der Waals surface area contributed by atoms with Crippen LogP contribution in [0, 0.1) is 17.1 Å². The van der Waals surface area contributed by atoms with E-state index in [4.69, 9.17) is 18.9 Å². The Kier molecular flexibility index (Phi) is 11.8. The topological polar surface area (TPSA) is 161 Å². The molecule has 1 aliphatic heterocycles. The lowest BCUT2D eigenvalue weighted by Gasteiger charge is -2.34. The van der Waals surface area contributed by atoms with Gasteiger partial charge < -0.3 is 18.9 Å². The van der Waals surface area contributed by atoms with Crippen LogP contribution in [-0.4, -0.2) is 63.6 Å². The second kappa shape index (κ2) is 15.0. The third-order valence-corrected chi connectivity index (χ3v) is 6.48. The summed E-state index contributed by atoms with van der Waals surface area (Å²) in [5, 5.41) is 9.19. The fraction of sp³-hybridized carbons (Fsp3) is 0.457. The molecule has 0 aliphatic carbocycles. The Balaban J connectivity index is 2.30. The molecule has 0 bridgehead atoms. The van der Waals surface area contributed by atoms with Gasteiger partial charge in [-0.2, -0.15) is 5.26 Å². The zero-order valence-electron chi connectivity index (χ0n) is 30.3. The Morgan fingerprint density at radius 3 is 1.88 bits per heavy atom. The first-order valence-electron chi connectivity index (χ1n) is 15.7. The van der Waals surface area contributed by atoms with Gasteiger partial charge in [0.05, 0.1) is 16.8 Å². The lowest BCUT2D eigenvalue weighted by molar-refractivity contribution is 0.0104. The number of carbonyl (C=O) groups excluding carboxylic acids is 4. The van der Waals surface area contributed by atoms with Gasteiger partial charge in [0.2, 0.25) is 0 Å². The minimum Gasteiger partial charge on any atom is -0.443 e. The van der Waals surface area contributed by atoms with Crippen molar-refractivity contribution in [3.05, 3.63) is 70.5 Å². The highest BCUT2D eigenvalue weighted by Gasteiger charge is 2.43. The number of hydrogen-bond acceptors (Lipinski definition) is 11. The Morgan fingerprint density at radius 1 is 0.904 bits per heavy atom. The average molecular weight is 734 g/mol. The summed E-state index contributed by atoms with van der Waals surface area (Å²) in [6.45, 7) is 13.4. The van der Waals surface area contributed by atoms with Crippen LogP contribution in [0.3, 0.4) is 0 Å². The van der Waals surface area contributed by atoms with Crippen molar-refractivity contribution in [2.45, 2.75) is 98.0 Å². The predicted octanol–water partition coefficient (Wildman–Crippen LogP) is 8.24. The molecule has 2 heterocycles. The van der Waals surface area contributed by atoms with Crippen LogP contribution in [0.4, 0.5) is 37.6 Å². The van der Waals surface area contributed by atoms with Crippen LogP contribution in [0.1, 0.15) is 103 Å². The van der Waals surface area contributed by atoms with Gasteiger partial charge in [-0.1, -0.05) is 0 Å². The Labute approximate surface area is 297 Å². The van der Waals surface area contributed by atoms with Gasteiger partial charge in [0.15, 0.2) is 0 Å². The van der Waals surface area contributed by atoms with E-state index in [1.807, 2.05) is 0 Å². The van der Waals surface area contributed by atoms with E-state index in [9.17, 15) is 37.6 Å². The normalized spacial score (nSPS) is 16.1. The monoisotopic (exact) mass is 733 g/mol. The maximum atomic E-state index is 15.8. The van der Waals surface area contributed by atoms with E-state index in [2.05, 4.69) is 9.98 Å². The van der Waals surface area contributed by atoms with Gasteiger partial charge >= 0.3 is 24.3 Å². The highest BCUT2D eigenvalue weighted by Crippen LogP contribution is 2.38. The maximum Gasteiger partial charge on any atom is 0.428 e. The number of ether oxygens (including phenoxy) is 4. The summed E-state index contributed by atoms with van der Waals surface area (Å²) < 4.78 is 79.9. The molecule has 0 N–H and O–H groups in total. The number of alkyl halides is 3. The number of allylic oxidation sites excluding steroid dienone is 1. The quantitative estimate of drug-likeness (QED) is 0.216. The standard InChI is InChI=1S/C35H39F4N5O8/c1-32(2,3)50-29(46)43(27(45)25-22(26(38)39)13-19(17-40)18-41-25)20-11-12-24(37)23(14-20)35(10)15-21(16-36)49-28(42-35)44(30(47)51-33(4,5)6)31(48)52-34(7,8)9/h11-15,18,26H,16H2,1-10H3/t35-/m0/s1. The minimum atomic E-state index is -3.31. The van der Waals surface area contributed by atoms with E-state index >= 15 is 4.39 Å². The first kappa shape index (κ1) is 40.9. The number of benzene rings is 1. The number of carbonyl (C=O) groups is 4. The van der Waals surface area contributed by atoms with E-state index in [0.717, 1.165) is 36.5 Å². The lowest BCUT2D eigenvalue weighted by atomic mass is 9.90. The molecule has 0 radical (unpaired) electrons. The molecule has 0 unspecified atom stereocenters. The molecule has 1 aromatic carbocycles. The molecule has 280 valence electrons. The Hall–Kier alpha value is -5.53. The molecule has 0 spiro atoms. The summed E-state index contributed by atoms with van der Waals surface area (Å²) in [4.78, 5) is 62.7. The van der Waals surface area contributed by atoms with Crippen molar-refractivity contribution in [1.82, 2.24) is 9.88 Å². The molecular weight excluding hydrogens is 694 g/mol. The zero-order valence-corrected chi connectivity index (χ0v) is 30.3. The van der Waals surface area contributed by atoms with Crippen molar-refractivity contribution in [2.75, 3.05) is 11.6 Å². The van der Waals surface area contributed by atoms with Crippen molar-refractivity contribution in [1.29, 1.82) is 5.26 Å². The molecule has 0 saturated carbocycles. The summed E-state index contributed by atoms with van der Waals surface area (Å²) in [7, 11) is 0. The zero-order chi connectivity index (χ0) is 39.6. The number of amides is 4. The summed E-state index contributed by atoms with van der Waals surface area (Å²) in [5.41, 5.74) is -8.63. The van der Waals surface area contributed by atoms with E-state index < -0.39 is 99.7 Å². The molecule has 13 nitrogen and oxygen atoms in total. The fourth-order valence-corrected chi connectivity index (χ4v) is 4.51. The average Bonchev–Trinajstić information content (AvgIpc) is 2.98. The van der Waals surface area contributed by atoms with Gasteiger partial charge in [-0.15, -0.1) is 4.90 Å². The largest absolute Gasteiger partial charge is 0.443 e. The number of aromatic nitrogens is 1. The highest BCUT2D eigenvalue weighted by atomic mass is 19.3. The summed E-state index contributed by atoms with van der Waals surface area (Å²) in [6, 6.07) is 4.23. The number of aliphatic imine (C=N–C) groups is 1. The van der Waals surface area contributed by atoms with Gasteiger partial charge in [0.25, 0.3) is 12.3 Å². The SMILES string of the molecule is CC(C)(C)OC(=O)N(C(=O)OC(C)(C)C)C1=N[C@](C)(c2cc(N(C(=O)OC(C)(C)C)C(=O)c3ncc(C#N)cc3C(F)F)ccc2F)C=C(CF)O1. The number of anilines is 1. The van der Waals surface area contributed by atoms with Crippen LogP contribution in [0.2, 0.25) is 0 Å². The molecule has 1 aliphatic rings. The second-order valence-corrected chi connectivity index (χ2v) is 14.5. The highest BCUT2D eigenvalue weighted by molar-refractivity contribution is 6.19. The lowest BCUT2D eigenvalue weighted by Crippen LogP contribution is -2.49. The van der Waals surface area contributed by atoms with Gasteiger partial charge in [-0.05, 0) is 99.6 Å². The van der Waals surface area contributed by atoms with E-state index in [0.29, 0.717) is 4.90 Å².